The van der Waals surface area contributed by atoms with Crippen molar-refractivity contribution in [1.29, 1.82) is 0 Å². The summed E-state index contributed by atoms with van der Waals surface area (Å²) < 4.78 is 7.05. The van der Waals surface area contributed by atoms with Crippen molar-refractivity contribution in [3.05, 3.63) is 55.6 Å². The molecule has 5 rings (SSSR count). The molecule has 1 aromatic rings. The Labute approximate surface area is 263 Å². The number of nitrogens with zero attached hydrogens (tertiary/aromatic N) is 3. The molecular formula is C36H51N3O5. The number of amides is 3. The molecule has 0 radical (unpaired) electrons. The van der Waals surface area contributed by atoms with Crippen LogP contribution in [0, 0.1) is 23.7 Å². The number of carbonyl (C=O) groups is 3. The molecule has 4 fully saturated rings. The van der Waals surface area contributed by atoms with Gasteiger partial charge >= 0.3 is 0 Å². The summed E-state index contributed by atoms with van der Waals surface area (Å²) in [5, 5.41) is 10.7. The first-order valence-electron chi connectivity index (χ1n) is 16.6. The Balaban J connectivity index is 1.64. The van der Waals surface area contributed by atoms with Gasteiger partial charge in [0.15, 0.2) is 0 Å². The van der Waals surface area contributed by atoms with E-state index in [1.165, 1.54) is 0 Å². The monoisotopic (exact) mass is 605 g/mol. The maximum absolute atomic E-state index is 15.0. The average Bonchev–Trinajstić information content (AvgIpc) is 3.55. The summed E-state index contributed by atoms with van der Waals surface area (Å²) in [5.74, 6) is -2.36. The molecule has 0 aromatic heterocycles. The van der Waals surface area contributed by atoms with Crippen LogP contribution in [0.2, 0.25) is 0 Å². The molecule has 8 heteroatoms. The van der Waals surface area contributed by atoms with Gasteiger partial charge in [0.1, 0.15) is 11.6 Å². The number of aliphatic hydroxyl groups is 1. The molecule has 3 amide bonds. The molecule has 3 saturated heterocycles. The molecule has 240 valence electrons. The van der Waals surface area contributed by atoms with E-state index in [-0.39, 0.29) is 48.8 Å². The van der Waals surface area contributed by atoms with Crippen molar-refractivity contribution in [2.45, 2.75) is 102 Å². The van der Waals surface area contributed by atoms with Crippen molar-refractivity contribution in [3.8, 4) is 0 Å². The molecule has 1 spiro atoms. The highest BCUT2D eigenvalue weighted by Gasteiger charge is 2.80. The second-order valence-corrected chi connectivity index (χ2v) is 13.7. The van der Waals surface area contributed by atoms with Gasteiger partial charge in [0.05, 0.1) is 30.1 Å². The van der Waals surface area contributed by atoms with Crippen LogP contribution in [0.15, 0.2) is 55.6 Å². The Morgan fingerprint density at radius 1 is 1.11 bits per heavy atom. The summed E-state index contributed by atoms with van der Waals surface area (Å²) in [6.07, 6.45) is 9.76. The van der Waals surface area contributed by atoms with Crippen LogP contribution in [-0.2, 0) is 19.1 Å². The van der Waals surface area contributed by atoms with Gasteiger partial charge < -0.3 is 24.5 Å². The van der Waals surface area contributed by atoms with Crippen molar-refractivity contribution >= 4 is 23.4 Å². The van der Waals surface area contributed by atoms with Crippen LogP contribution in [0.25, 0.3) is 0 Å². The van der Waals surface area contributed by atoms with Gasteiger partial charge in [-0.1, -0.05) is 76.8 Å². The van der Waals surface area contributed by atoms with Gasteiger partial charge in [-0.05, 0) is 50.2 Å². The third-order valence-electron chi connectivity index (χ3n) is 11.4. The molecule has 3 aliphatic heterocycles. The summed E-state index contributed by atoms with van der Waals surface area (Å²) in [5.41, 5.74) is -1.38. The number of rotatable bonds is 12. The number of anilines is 1. The fourth-order valence-corrected chi connectivity index (χ4v) is 8.84. The van der Waals surface area contributed by atoms with E-state index in [4.69, 9.17) is 4.74 Å². The normalized spacial score (nSPS) is 32.7. The zero-order chi connectivity index (χ0) is 31.8. The molecule has 1 saturated carbocycles. The van der Waals surface area contributed by atoms with Gasteiger partial charge in [-0.2, -0.15) is 0 Å². The third kappa shape index (κ3) is 5.02. The van der Waals surface area contributed by atoms with Crippen molar-refractivity contribution in [2.75, 3.05) is 24.6 Å². The summed E-state index contributed by atoms with van der Waals surface area (Å²) >= 11 is 0. The van der Waals surface area contributed by atoms with Crippen LogP contribution >= 0.6 is 0 Å². The van der Waals surface area contributed by atoms with Gasteiger partial charge in [0.2, 0.25) is 17.7 Å². The molecule has 8 atom stereocenters. The predicted molar refractivity (Wildman–Crippen MR) is 172 cm³/mol. The average molecular weight is 606 g/mol. The van der Waals surface area contributed by atoms with E-state index in [1.807, 2.05) is 56.0 Å². The number of benzene rings is 1. The molecule has 8 nitrogen and oxygen atoms in total. The lowest BCUT2D eigenvalue weighted by Gasteiger charge is -2.43. The Morgan fingerprint density at radius 2 is 1.77 bits per heavy atom. The van der Waals surface area contributed by atoms with Crippen LogP contribution in [-0.4, -0.2) is 81.7 Å². The molecule has 1 N–H and O–H groups in total. The number of aliphatic hydroxyl groups excluding tert-OH is 1. The number of hydrogen-bond acceptors (Lipinski definition) is 5. The Kier molecular flexibility index (Phi) is 9.43. The van der Waals surface area contributed by atoms with Gasteiger partial charge in [-0.25, -0.2) is 0 Å². The first kappa shape index (κ1) is 32.4. The second-order valence-electron chi connectivity index (χ2n) is 13.7. The molecule has 3 heterocycles. The van der Waals surface area contributed by atoms with Crippen LogP contribution in [0.5, 0.6) is 0 Å². The minimum Gasteiger partial charge on any atom is -0.394 e. The van der Waals surface area contributed by atoms with Crippen molar-refractivity contribution in [2.24, 2.45) is 23.7 Å². The smallest absolute Gasteiger partial charge is 0.248 e. The quantitative estimate of drug-likeness (QED) is 0.340. The molecule has 1 aliphatic carbocycles. The first-order valence-corrected chi connectivity index (χ1v) is 16.6. The van der Waals surface area contributed by atoms with Crippen molar-refractivity contribution in [3.63, 3.8) is 0 Å². The third-order valence-corrected chi connectivity index (χ3v) is 11.4. The highest BCUT2D eigenvalue weighted by molar-refractivity contribution is 6.03. The molecular weight excluding hydrogens is 554 g/mol. The van der Waals surface area contributed by atoms with E-state index in [2.05, 4.69) is 20.1 Å². The standard InChI is InChI=1S/C36H51N3O5/c1-7-20-37(26-16-12-10-13-17-26)32(41)29-30-33(42)39(28(23-40)24(4)9-3)31(36(30)22-25(5)35(29,6)44-36)34(43)38(21-8-2)27-18-14-11-15-19-27/h7-8,10,12-13,16-17,24-25,27-31,40H,1-2,9,11,14-15,18-23H2,3-6H3/t24-,25?,28-,29+,30-,31?,35-,36?/m0/s1. The first-order chi connectivity index (χ1) is 21.1. The van der Waals surface area contributed by atoms with E-state index in [0.717, 1.165) is 44.2 Å². The maximum Gasteiger partial charge on any atom is 0.248 e. The summed E-state index contributed by atoms with van der Waals surface area (Å²) in [7, 11) is 0. The van der Waals surface area contributed by atoms with Crippen molar-refractivity contribution < 1.29 is 24.2 Å². The largest absolute Gasteiger partial charge is 0.394 e. The zero-order valence-electron chi connectivity index (χ0n) is 27.0. The fourth-order valence-electron chi connectivity index (χ4n) is 8.84. The van der Waals surface area contributed by atoms with Gasteiger partial charge in [-0.3, -0.25) is 14.4 Å². The lowest BCUT2D eigenvalue weighted by Crippen LogP contribution is -2.61. The van der Waals surface area contributed by atoms with Crippen LogP contribution < -0.4 is 4.90 Å². The number of likely N-dealkylation sites (tertiary alicyclic amines) is 1. The van der Waals surface area contributed by atoms with E-state index < -0.39 is 35.1 Å². The summed E-state index contributed by atoms with van der Waals surface area (Å²) in [4.78, 5) is 49.9. The van der Waals surface area contributed by atoms with Crippen molar-refractivity contribution in [1.82, 2.24) is 9.80 Å². The number of para-hydroxylation sites is 1. The Morgan fingerprint density at radius 3 is 2.36 bits per heavy atom. The molecule has 3 unspecified atom stereocenters. The van der Waals surface area contributed by atoms with Crippen LogP contribution in [0.3, 0.4) is 0 Å². The van der Waals surface area contributed by atoms with E-state index in [1.54, 1.807) is 22.0 Å². The number of carbonyl (C=O) groups excluding carboxylic acids is 3. The summed E-state index contributed by atoms with van der Waals surface area (Å²) in [6, 6.07) is 8.00. The predicted octanol–water partition coefficient (Wildman–Crippen LogP) is 4.97. The lowest BCUT2D eigenvalue weighted by molar-refractivity contribution is -0.158. The molecule has 44 heavy (non-hydrogen) atoms. The lowest BCUT2D eigenvalue weighted by atomic mass is 9.62. The number of ether oxygens (including phenoxy) is 1. The number of fused-ring (bicyclic) bond motifs is 1. The number of hydrogen-bond donors (Lipinski definition) is 1. The Hall–Kier alpha value is -2.97. The van der Waals surface area contributed by atoms with Gasteiger partial charge in [-0.15, -0.1) is 13.2 Å². The Bertz CT molecular complexity index is 1250. The molecule has 2 bridgehead atoms. The minimum absolute atomic E-state index is 0.0574. The summed E-state index contributed by atoms with van der Waals surface area (Å²) in [6.45, 7) is 16.3. The van der Waals surface area contributed by atoms with Gasteiger partial charge in [0.25, 0.3) is 0 Å². The van der Waals surface area contributed by atoms with Gasteiger partial charge in [0, 0.05) is 24.8 Å². The molecule has 4 aliphatic rings. The maximum atomic E-state index is 15.0. The van der Waals surface area contributed by atoms with E-state index in [9.17, 15) is 14.7 Å². The topological polar surface area (TPSA) is 90.4 Å². The van der Waals surface area contributed by atoms with E-state index >= 15 is 4.79 Å². The zero-order valence-corrected chi connectivity index (χ0v) is 27.0. The highest BCUT2D eigenvalue weighted by atomic mass is 16.5. The minimum atomic E-state index is -1.17. The SMILES string of the molecule is C=CCN(C(=O)[C@H]1[C@H]2C(=O)N([C@@H](CO)[C@@H](C)CC)C(C(=O)N(CC=C)C3CCCCC3)C23CC(C)[C@]1(C)O3)c1ccccc1. The van der Waals surface area contributed by atoms with Crippen LogP contribution in [0.4, 0.5) is 5.69 Å². The van der Waals surface area contributed by atoms with Crippen LogP contribution in [0.1, 0.15) is 72.6 Å². The fraction of sp³-hybridized carbons (Fsp3) is 0.639. The highest BCUT2D eigenvalue weighted by Crippen LogP contribution is 2.66. The molecule has 1 aromatic carbocycles. The second kappa shape index (κ2) is 12.8. The van der Waals surface area contributed by atoms with E-state index in [0.29, 0.717) is 13.0 Å².